The Hall–Kier alpha value is -3.06. The Bertz CT molecular complexity index is 1000. The normalized spacial score (nSPS) is 20.7. The van der Waals surface area contributed by atoms with Crippen molar-refractivity contribution in [1.82, 2.24) is 20.2 Å². The Morgan fingerprint density at radius 1 is 1.17 bits per heavy atom. The number of nitrogens with zero attached hydrogens (tertiary/aromatic N) is 4. The molecule has 1 aromatic carbocycles. The summed E-state index contributed by atoms with van der Waals surface area (Å²) in [5, 5.41) is 4.26. The molecule has 0 radical (unpaired) electrons. The van der Waals surface area contributed by atoms with Crippen molar-refractivity contribution in [2.24, 2.45) is 5.10 Å². The zero-order valence-corrected chi connectivity index (χ0v) is 16.7. The van der Waals surface area contributed by atoms with Crippen LogP contribution in [0, 0.1) is 0 Å². The highest BCUT2D eigenvalue weighted by atomic mass is 32.2. The number of carbonyl (C=O) groups excluding carboxylic acids is 1. The lowest BCUT2D eigenvalue weighted by molar-refractivity contribution is 0.0954. The summed E-state index contributed by atoms with van der Waals surface area (Å²) in [4.78, 5) is 22.3. The van der Waals surface area contributed by atoms with Crippen LogP contribution in [0.25, 0.3) is 5.70 Å². The smallest absolute Gasteiger partial charge is 0.272 e. The largest absolute Gasteiger partial charge is 0.319 e. The van der Waals surface area contributed by atoms with Crippen molar-refractivity contribution in [2.75, 3.05) is 0 Å². The number of aromatic nitrogens is 1. The molecule has 146 valence electrons. The van der Waals surface area contributed by atoms with Crippen LogP contribution in [0.4, 0.5) is 0 Å². The number of nitrogens with one attached hydrogen (secondary N) is 1. The van der Waals surface area contributed by atoms with Gasteiger partial charge in [-0.1, -0.05) is 42.1 Å². The number of fused-ring (bicyclic) bond motifs is 2. The molecule has 1 aliphatic carbocycles. The van der Waals surface area contributed by atoms with Crippen LogP contribution in [-0.4, -0.2) is 32.5 Å². The topological polar surface area (TPSA) is 60.8 Å². The zero-order valence-electron chi connectivity index (χ0n) is 15.9. The summed E-state index contributed by atoms with van der Waals surface area (Å²) in [7, 11) is 0. The SMILES string of the molecule is O=C(NN=CN1C(c2ccccc2)=CN2C3=C(CCCC3)SC12)c1cccnc1. The molecular formula is C22H21N5OS. The van der Waals surface area contributed by atoms with Gasteiger partial charge >= 0.3 is 0 Å². The maximum Gasteiger partial charge on any atom is 0.272 e. The number of thioether (sulfide) groups is 1. The molecule has 0 saturated heterocycles. The summed E-state index contributed by atoms with van der Waals surface area (Å²) in [6.07, 6.45) is 11.9. The van der Waals surface area contributed by atoms with E-state index in [0.29, 0.717) is 5.56 Å². The summed E-state index contributed by atoms with van der Waals surface area (Å²) < 4.78 is 0. The van der Waals surface area contributed by atoms with E-state index in [1.165, 1.54) is 29.6 Å². The molecule has 2 aliphatic heterocycles. The molecule has 7 heteroatoms. The fourth-order valence-electron chi connectivity index (χ4n) is 3.89. The molecular weight excluding hydrogens is 382 g/mol. The van der Waals surface area contributed by atoms with Gasteiger partial charge in [0.1, 0.15) is 6.34 Å². The molecule has 1 aromatic heterocycles. The van der Waals surface area contributed by atoms with E-state index in [0.717, 1.165) is 24.1 Å². The van der Waals surface area contributed by atoms with Gasteiger partial charge in [-0.25, -0.2) is 5.43 Å². The lowest BCUT2D eigenvalue weighted by atomic mass is 10.0. The molecule has 1 amide bonds. The van der Waals surface area contributed by atoms with E-state index >= 15 is 0 Å². The van der Waals surface area contributed by atoms with Crippen molar-refractivity contribution in [3.63, 3.8) is 0 Å². The summed E-state index contributed by atoms with van der Waals surface area (Å²) in [5.41, 5.74) is 6.88. The lowest BCUT2D eigenvalue weighted by Crippen LogP contribution is -2.33. The molecule has 29 heavy (non-hydrogen) atoms. The first-order chi connectivity index (χ1) is 14.3. The Balaban J connectivity index is 1.40. The van der Waals surface area contributed by atoms with Crippen LogP contribution in [0.1, 0.15) is 41.6 Å². The maximum atomic E-state index is 12.3. The van der Waals surface area contributed by atoms with Gasteiger partial charge in [0.25, 0.3) is 5.91 Å². The Labute approximate surface area is 174 Å². The molecule has 2 aromatic rings. The van der Waals surface area contributed by atoms with Crippen molar-refractivity contribution >= 4 is 29.7 Å². The maximum absolute atomic E-state index is 12.3. The monoisotopic (exact) mass is 403 g/mol. The van der Waals surface area contributed by atoms with Gasteiger partial charge in [-0.15, -0.1) is 0 Å². The summed E-state index contributed by atoms with van der Waals surface area (Å²) in [5.74, 6) is -0.271. The second-order valence-corrected chi connectivity index (χ2v) is 8.29. The lowest BCUT2D eigenvalue weighted by Gasteiger charge is -2.26. The van der Waals surface area contributed by atoms with Crippen LogP contribution in [0.5, 0.6) is 0 Å². The Morgan fingerprint density at radius 2 is 2.03 bits per heavy atom. The number of pyridine rings is 1. The number of benzene rings is 1. The van der Waals surface area contributed by atoms with Crippen molar-refractivity contribution in [3.8, 4) is 0 Å². The van der Waals surface area contributed by atoms with Crippen molar-refractivity contribution in [3.05, 3.63) is 82.8 Å². The predicted molar refractivity (Wildman–Crippen MR) is 115 cm³/mol. The highest BCUT2D eigenvalue weighted by Gasteiger charge is 2.41. The number of hydrogen-bond acceptors (Lipinski definition) is 5. The number of allylic oxidation sites excluding steroid dienone is 2. The van der Waals surface area contributed by atoms with E-state index in [4.69, 9.17) is 0 Å². The highest BCUT2D eigenvalue weighted by molar-refractivity contribution is 8.03. The van der Waals surface area contributed by atoms with E-state index in [1.807, 2.05) is 30.0 Å². The molecule has 3 heterocycles. The average molecular weight is 404 g/mol. The summed E-state index contributed by atoms with van der Waals surface area (Å²) >= 11 is 1.89. The minimum atomic E-state index is -0.271. The van der Waals surface area contributed by atoms with Gasteiger partial charge in [-0.2, -0.15) is 5.10 Å². The van der Waals surface area contributed by atoms with E-state index in [-0.39, 0.29) is 11.4 Å². The van der Waals surface area contributed by atoms with Crippen molar-refractivity contribution < 1.29 is 4.79 Å². The van der Waals surface area contributed by atoms with Gasteiger partial charge < -0.3 is 4.90 Å². The van der Waals surface area contributed by atoms with Gasteiger partial charge in [-0.3, -0.25) is 14.7 Å². The zero-order chi connectivity index (χ0) is 19.6. The van der Waals surface area contributed by atoms with Gasteiger partial charge in [0.15, 0.2) is 5.50 Å². The van der Waals surface area contributed by atoms with Crippen LogP contribution < -0.4 is 5.43 Å². The van der Waals surface area contributed by atoms with Gasteiger partial charge in [0, 0.05) is 29.2 Å². The van der Waals surface area contributed by atoms with E-state index in [9.17, 15) is 4.79 Å². The number of hydrazone groups is 1. The molecule has 3 aliphatic rings. The molecule has 1 unspecified atom stereocenters. The van der Waals surface area contributed by atoms with Gasteiger partial charge in [0.2, 0.25) is 0 Å². The fourth-order valence-corrected chi connectivity index (χ4v) is 5.34. The molecule has 1 atom stereocenters. The molecule has 0 spiro atoms. The van der Waals surface area contributed by atoms with Crippen LogP contribution in [0.2, 0.25) is 0 Å². The highest BCUT2D eigenvalue weighted by Crippen LogP contribution is 2.51. The molecule has 0 fully saturated rings. The quantitative estimate of drug-likeness (QED) is 0.471. The van der Waals surface area contributed by atoms with Crippen LogP contribution >= 0.6 is 11.8 Å². The summed E-state index contributed by atoms with van der Waals surface area (Å²) in [6, 6.07) is 13.8. The third kappa shape index (κ3) is 3.42. The molecule has 6 nitrogen and oxygen atoms in total. The summed E-state index contributed by atoms with van der Waals surface area (Å²) in [6.45, 7) is 0. The first-order valence-corrected chi connectivity index (χ1v) is 10.7. The fraction of sp³-hybridized carbons (Fsp3) is 0.227. The molecule has 0 saturated carbocycles. The third-order valence-corrected chi connectivity index (χ3v) is 6.69. The number of hydrogen-bond donors (Lipinski definition) is 1. The predicted octanol–water partition coefficient (Wildman–Crippen LogP) is 4.19. The minimum absolute atomic E-state index is 0.118. The van der Waals surface area contributed by atoms with Gasteiger partial charge in [-0.05, 0) is 43.4 Å². The number of rotatable bonds is 4. The van der Waals surface area contributed by atoms with E-state index < -0.39 is 0 Å². The Kier molecular flexibility index (Phi) is 4.81. The molecule has 1 N–H and O–H groups in total. The molecule has 5 rings (SSSR count). The van der Waals surface area contributed by atoms with E-state index in [2.05, 4.69) is 43.6 Å². The van der Waals surface area contributed by atoms with Crippen LogP contribution in [0.3, 0.4) is 0 Å². The Morgan fingerprint density at radius 3 is 2.86 bits per heavy atom. The number of amides is 1. The second kappa shape index (κ2) is 7.75. The molecule has 0 bridgehead atoms. The van der Waals surface area contributed by atoms with Gasteiger partial charge in [0.05, 0.1) is 11.3 Å². The standard InChI is InChI=1S/C22H21N5OS/c28-21(17-9-6-12-23-13-17)25-24-15-27-19(16-7-2-1-3-8-16)14-26-18-10-4-5-11-20(18)29-22(26)27/h1-3,6-9,12-15,22H,4-5,10-11H2,(H,25,28). The average Bonchev–Trinajstić information content (AvgIpc) is 3.31. The first kappa shape index (κ1) is 18.0. The van der Waals surface area contributed by atoms with Crippen LogP contribution in [-0.2, 0) is 0 Å². The van der Waals surface area contributed by atoms with Crippen LogP contribution in [0.15, 0.2) is 76.8 Å². The third-order valence-electron chi connectivity index (χ3n) is 5.31. The van der Waals surface area contributed by atoms with Crippen molar-refractivity contribution in [1.29, 1.82) is 0 Å². The second-order valence-electron chi connectivity index (χ2n) is 7.14. The number of carbonyl (C=O) groups is 1. The van der Waals surface area contributed by atoms with Crippen molar-refractivity contribution in [2.45, 2.75) is 31.2 Å². The van der Waals surface area contributed by atoms with E-state index in [1.54, 1.807) is 24.7 Å². The minimum Gasteiger partial charge on any atom is -0.319 e. The first-order valence-electron chi connectivity index (χ1n) is 9.77.